The van der Waals surface area contributed by atoms with Crippen molar-refractivity contribution < 1.29 is 0 Å². The topological polar surface area (TPSA) is 23.9 Å². The molecule has 0 saturated carbocycles. The molecule has 0 aromatic rings. The van der Waals surface area contributed by atoms with E-state index in [0.29, 0.717) is 5.92 Å². The van der Waals surface area contributed by atoms with E-state index in [1.807, 2.05) is 6.92 Å². The van der Waals surface area contributed by atoms with Crippen molar-refractivity contribution >= 4 is 18.0 Å². The lowest BCUT2D eigenvalue weighted by molar-refractivity contribution is 0.919. The predicted octanol–water partition coefficient (Wildman–Crippen LogP) is 1.64. The van der Waals surface area contributed by atoms with Crippen molar-refractivity contribution in [3.05, 3.63) is 0 Å². The molecule has 1 atom stereocenters. The molecule has 7 heavy (non-hydrogen) atoms. The average molecular weight is 117 g/mol. The van der Waals surface area contributed by atoms with Crippen LogP contribution in [0.5, 0.6) is 0 Å². The van der Waals surface area contributed by atoms with Gasteiger partial charge >= 0.3 is 0 Å². The van der Waals surface area contributed by atoms with Gasteiger partial charge in [0.25, 0.3) is 0 Å². The Morgan fingerprint density at radius 1 is 1.86 bits per heavy atom. The van der Waals surface area contributed by atoms with Gasteiger partial charge in [-0.15, -0.1) is 0 Å². The zero-order chi connectivity index (χ0) is 5.70. The summed E-state index contributed by atoms with van der Waals surface area (Å²) in [5.74, 6) is 1.53. The van der Waals surface area contributed by atoms with Crippen molar-refractivity contribution in [2.24, 2.45) is 5.92 Å². The van der Waals surface area contributed by atoms with E-state index in [0.717, 1.165) is 5.75 Å². The van der Waals surface area contributed by atoms with Crippen LogP contribution in [-0.2, 0) is 0 Å². The molecule has 0 aliphatic rings. The number of hydrogen-bond donors (Lipinski definition) is 1. The largest absolute Gasteiger partial charge is 0.313 e. The van der Waals surface area contributed by atoms with Crippen molar-refractivity contribution in [1.82, 2.24) is 0 Å². The summed E-state index contributed by atoms with van der Waals surface area (Å²) < 4.78 is 0. The minimum absolute atomic E-state index is 0.454. The van der Waals surface area contributed by atoms with E-state index in [1.165, 1.54) is 6.21 Å². The maximum absolute atomic E-state index is 6.77. The third-order valence-electron chi connectivity index (χ3n) is 0.714. The molecule has 0 saturated heterocycles. The molecule has 0 amide bonds. The second-order valence-corrected chi connectivity index (χ2v) is 2.51. The Labute approximate surface area is 49.0 Å². The lowest BCUT2D eigenvalue weighted by Gasteiger charge is -1.96. The fraction of sp³-hybridized carbons (Fsp3) is 0.800. The summed E-state index contributed by atoms with van der Waals surface area (Å²) in [5, 5.41) is 6.77. The zero-order valence-electron chi connectivity index (χ0n) is 4.77. The van der Waals surface area contributed by atoms with Crippen LogP contribution in [-0.4, -0.2) is 18.2 Å². The molecule has 2 heteroatoms. The van der Waals surface area contributed by atoms with E-state index in [4.69, 9.17) is 5.41 Å². The highest BCUT2D eigenvalue weighted by atomic mass is 32.2. The first-order valence-corrected chi connectivity index (χ1v) is 3.70. The van der Waals surface area contributed by atoms with Gasteiger partial charge < -0.3 is 5.41 Å². The molecule has 0 fully saturated rings. The zero-order valence-corrected chi connectivity index (χ0v) is 5.59. The smallest absolute Gasteiger partial charge is 0.000488 e. The normalized spacial score (nSPS) is 13.4. The summed E-state index contributed by atoms with van der Waals surface area (Å²) in [6.45, 7) is 2.05. The van der Waals surface area contributed by atoms with Gasteiger partial charge in [-0.25, -0.2) is 0 Å². The van der Waals surface area contributed by atoms with Gasteiger partial charge in [0.2, 0.25) is 0 Å². The minimum atomic E-state index is 0.454. The van der Waals surface area contributed by atoms with Gasteiger partial charge in [0.1, 0.15) is 0 Å². The fourth-order valence-corrected chi connectivity index (χ4v) is 0.933. The maximum atomic E-state index is 6.77. The molecule has 0 aromatic carbocycles. The Bertz CT molecular complexity index is 54.0. The number of rotatable bonds is 3. The van der Waals surface area contributed by atoms with Crippen LogP contribution >= 0.6 is 11.8 Å². The van der Waals surface area contributed by atoms with Crippen LogP contribution in [0, 0.1) is 11.3 Å². The van der Waals surface area contributed by atoms with Gasteiger partial charge in [-0.05, 0) is 18.4 Å². The number of thioether (sulfide) groups is 1. The first kappa shape index (κ1) is 7.02. The summed E-state index contributed by atoms with van der Waals surface area (Å²) in [5.41, 5.74) is 0. The highest BCUT2D eigenvalue weighted by molar-refractivity contribution is 7.98. The van der Waals surface area contributed by atoms with Crippen molar-refractivity contribution in [3.63, 3.8) is 0 Å². The Kier molecular flexibility index (Phi) is 4.20. The van der Waals surface area contributed by atoms with Gasteiger partial charge in [0.05, 0.1) is 0 Å². The second kappa shape index (κ2) is 4.19. The summed E-state index contributed by atoms with van der Waals surface area (Å²) in [6.07, 6.45) is 3.54. The lowest BCUT2D eigenvalue weighted by Crippen LogP contribution is -1.96. The molecule has 0 radical (unpaired) electrons. The molecule has 1 N–H and O–H groups in total. The van der Waals surface area contributed by atoms with Gasteiger partial charge in [-0.1, -0.05) is 6.92 Å². The van der Waals surface area contributed by atoms with Crippen LogP contribution < -0.4 is 0 Å². The SMILES string of the molecule is CSCC(C)C=N. The van der Waals surface area contributed by atoms with E-state index < -0.39 is 0 Å². The van der Waals surface area contributed by atoms with E-state index in [1.54, 1.807) is 11.8 Å². The molecule has 0 bridgehead atoms. The summed E-state index contributed by atoms with van der Waals surface area (Å²) in [7, 11) is 0. The van der Waals surface area contributed by atoms with Crippen LogP contribution in [0.4, 0.5) is 0 Å². The Morgan fingerprint density at radius 3 is 2.57 bits per heavy atom. The van der Waals surface area contributed by atoms with E-state index >= 15 is 0 Å². The van der Waals surface area contributed by atoms with Crippen molar-refractivity contribution in [2.75, 3.05) is 12.0 Å². The standard InChI is InChI=1S/C5H11NS/c1-5(3-6)4-7-2/h3,5-6H,4H2,1-2H3. The summed E-state index contributed by atoms with van der Waals surface area (Å²) in [6, 6.07) is 0. The third-order valence-corrected chi connectivity index (χ3v) is 1.57. The highest BCUT2D eigenvalue weighted by Crippen LogP contribution is 1.99. The maximum Gasteiger partial charge on any atom is 0.000488 e. The molecular weight excluding hydrogens is 106 g/mol. The van der Waals surface area contributed by atoms with Crippen LogP contribution in [0.3, 0.4) is 0 Å². The van der Waals surface area contributed by atoms with Gasteiger partial charge in [0, 0.05) is 5.75 Å². The molecular formula is C5H11NS. The summed E-state index contributed by atoms with van der Waals surface area (Å²) >= 11 is 1.78. The minimum Gasteiger partial charge on any atom is -0.313 e. The van der Waals surface area contributed by atoms with Crippen molar-refractivity contribution in [1.29, 1.82) is 5.41 Å². The van der Waals surface area contributed by atoms with Crippen LogP contribution in [0.2, 0.25) is 0 Å². The molecule has 0 heterocycles. The third kappa shape index (κ3) is 3.86. The quantitative estimate of drug-likeness (QED) is 0.558. The van der Waals surface area contributed by atoms with Crippen molar-refractivity contribution in [2.45, 2.75) is 6.92 Å². The Morgan fingerprint density at radius 2 is 2.43 bits per heavy atom. The molecule has 1 unspecified atom stereocenters. The summed E-state index contributed by atoms with van der Waals surface area (Å²) in [4.78, 5) is 0. The average Bonchev–Trinajstić information content (AvgIpc) is 1.68. The highest BCUT2D eigenvalue weighted by Gasteiger charge is 1.91. The van der Waals surface area contributed by atoms with Crippen molar-refractivity contribution in [3.8, 4) is 0 Å². The molecule has 42 valence electrons. The van der Waals surface area contributed by atoms with E-state index in [2.05, 4.69) is 6.26 Å². The van der Waals surface area contributed by atoms with E-state index in [-0.39, 0.29) is 0 Å². The predicted molar refractivity (Wildman–Crippen MR) is 36.3 cm³/mol. The van der Waals surface area contributed by atoms with Gasteiger partial charge in [-0.3, -0.25) is 0 Å². The lowest BCUT2D eigenvalue weighted by atomic mass is 10.2. The number of hydrogen-bond acceptors (Lipinski definition) is 2. The molecule has 0 rings (SSSR count). The molecule has 0 aliphatic carbocycles. The monoisotopic (exact) mass is 117 g/mol. The van der Waals surface area contributed by atoms with E-state index in [9.17, 15) is 0 Å². The molecule has 1 nitrogen and oxygen atoms in total. The molecule has 0 aromatic heterocycles. The van der Waals surface area contributed by atoms with Gasteiger partial charge in [0.15, 0.2) is 0 Å². The van der Waals surface area contributed by atoms with Crippen LogP contribution in [0.25, 0.3) is 0 Å². The molecule has 0 aliphatic heterocycles. The fourth-order valence-electron chi connectivity index (χ4n) is 0.311. The Balaban J connectivity index is 2.98. The first-order chi connectivity index (χ1) is 3.31. The number of nitrogens with one attached hydrogen (secondary N) is 1. The Hall–Kier alpha value is 0.0200. The van der Waals surface area contributed by atoms with Crippen LogP contribution in [0.15, 0.2) is 0 Å². The van der Waals surface area contributed by atoms with Crippen LogP contribution in [0.1, 0.15) is 6.92 Å². The molecule has 0 spiro atoms. The second-order valence-electron chi connectivity index (χ2n) is 1.60. The van der Waals surface area contributed by atoms with Gasteiger partial charge in [-0.2, -0.15) is 11.8 Å². The first-order valence-electron chi connectivity index (χ1n) is 2.30.